The van der Waals surface area contributed by atoms with Crippen LogP contribution in [0.15, 0.2) is 91.0 Å². The first-order chi connectivity index (χ1) is 13.7. The minimum absolute atomic E-state index is 0.618. The molecule has 0 bridgehead atoms. The summed E-state index contributed by atoms with van der Waals surface area (Å²) >= 11 is 0. The van der Waals surface area contributed by atoms with E-state index >= 15 is 0 Å². The third-order valence-corrected chi connectivity index (χ3v) is 8.00. The topological polar surface area (TPSA) is 35.5 Å². The highest BCUT2D eigenvalue weighted by molar-refractivity contribution is 7.85. The molecule has 0 spiro atoms. The molecule has 28 heavy (non-hydrogen) atoms. The van der Waals surface area contributed by atoms with Crippen LogP contribution in [0.4, 0.5) is 0 Å². The number of ether oxygens (including phenoxy) is 2. The first-order valence-electron chi connectivity index (χ1n) is 9.05. The van der Waals surface area contributed by atoms with Gasteiger partial charge in [-0.1, -0.05) is 84.9 Å². The Kier molecular flexibility index (Phi) is 4.93. The monoisotopic (exact) mass is 388 g/mol. The average Bonchev–Trinajstić information content (AvgIpc) is 2.78. The quantitative estimate of drug-likeness (QED) is 0.473. The van der Waals surface area contributed by atoms with Gasteiger partial charge in [-0.25, -0.2) is 0 Å². The first kappa shape index (κ1) is 18.3. The molecule has 4 heteroatoms. The van der Waals surface area contributed by atoms with Crippen molar-refractivity contribution in [2.45, 2.75) is 0 Å². The molecule has 0 aromatic heterocycles. The van der Waals surface area contributed by atoms with Gasteiger partial charge in [-0.15, -0.1) is 0 Å². The van der Waals surface area contributed by atoms with E-state index in [0.717, 1.165) is 21.4 Å². The molecule has 0 amide bonds. The second-order valence-corrected chi connectivity index (χ2v) is 9.19. The minimum atomic E-state index is -3.18. The van der Waals surface area contributed by atoms with E-state index in [1.165, 1.54) is 0 Å². The van der Waals surface area contributed by atoms with Crippen LogP contribution in [-0.4, -0.2) is 14.2 Å². The van der Waals surface area contributed by atoms with Gasteiger partial charge in [0.1, 0.15) is 11.5 Å². The molecule has 0 aliphatic carbocycles. The smallest absolute Gasteiger partial charge is 0.174 e. The van der Waals surface area contributed by atoms with Gasteiger partial charge >= 0.3 is 0 Å². The van der Waals surface area contributed by atoms with Crippen molar-refractivity contribution in [3.63, 3.8) is 0 Å². The summed E-state index contributed by atoms with van der Waals surface area (Å²) in [5, 5.41) is 3.97. The summed E-state index contributed by atoms with van der Waals surface area (Å²) in [6.07, 6.45) is 0. The minimum Gasteiger partial charge on any atom is -0.496 e. The summed E-state index contributed by atoms with van der Waals surface area (Å²) < 4.78 is 26.3. The first-order valence-corrected chi connectivity index (χ1v) is 10.8. The molecule has 0 fully saturated rings. The van der Waals surface area contributed by atoms with E-state index in [1.54, 1.807) is 14.2 Å². The lowest BCUT2D eigenvalue weighted by Crippen LogP contribution is -2.26. The van der Waals surface area contributed by atoms with Crippen LogP contribution in [0.25, 0.3) is 10.8 Å². The van der Waals surface area contributed by atoms with E-state index in [-0.39, 0.29) is 0 Å². The number of benzene rings is 4. The number of rotatable bonds is 5. The zero-order valence-corrected chi connectivity index (χ0v) is 16.7. The maximum Gasteiger partial charge on any atom is 0.174 e. The number of fused-ring (bicyclic) bond motifs is 1. The maximum absolute atomic E-state index is 14.8. The summed E-state index contributed by atoms with van der Waals surface area (Å²) in [5.74, 6) is 1.30. The van der Waals surface area contributed by atoms with Crippen LogP contribution in [-0.2, 0) is 4.57 Å². The van der Waals surface area contributed by atoms with Gasteiger partial charge in [-0.2, -0.15) is 0 Å². The van der Waals surface area contributed by atoms with Crippen molar-refractivity contribution < 1.29 is 14.0 Å². The van der Waals surface area contributed by atoms with Crippen LogP contribution < -0.4 is 25.4 Å². The van der Waals surface area contributed by atoms with Crippen molar-refractivity contribution in [2.24, 2.45) is 0 Å². The Morgan fingerprint density at radius 1 is 0.643 bits per heavy atom. The zero-order valence-electron chi connectivity index (χ0n) is 15.8. The highest BCUT2D eigenvalue weighted by atomic mass is 31.2. The Labute approximate surface area is 164 Å². The standard InChI is InChI=1S/C24H21O3P/c1-26-22-17-23(24(27-2)21-16-10-9-15-20(21)22)28(25,18-11-5-3-6-12-18)19-13-7-4-8-14-19/h3-17H,1-2H3. The molecule has 4 rings (SSSR count). The van der Waals surface area contributed by atoms with Crippen molar-refractivity contribution in [3.8, 4) is 11.5 Å². The Hall–Kier alpha value is -3.03. The van der Waals surface area contributed by atoms with Crippen LogP contribution in [0.1, 0.15) is 0 Å². The third-order valence-electron chi connectivity index (χ3n) is 4.94. The van der Waals surface area contributed by atoms with Crippen molar-refractivity contribution >= 4 is 33.8 Å². The van der Waals surface area contributed by atoms with E-state index in [4.69, 9.17) is 9.47 Å². The Morgan fingerprint density at radius 3 is 1.64 bits per heavy atom. The molecule has 140 valence electrons. The molecule has 4 aromatic rings. The zero-order chi connectivity index (χ0) is 19.6. The van der Waals surface area contributed by atoms with Gasteiger partial charge in [-0.05, 0) is 6.07 Å². The van der Waals surface area contributed by atoms with Gasteiger partial charge in [0.25, 0.3) is 0 Å². The molecule has 0 radical (unpaired) electrons. The average molecular weight is 388 g/mol. The number of methoxy groups -OCH3 is 2. The molecular formula is C24H21O3P. The molecule has 0 saturated carbocycles. The summed E-state index contributed by atoms with van der Waals surface area (Å²) in [5.41, 5.74) is 0. The van der Waals surface area contributed by atoms with E-state index in [0.29, 0.717) is 16.8 Å². The SMILES string of the molecule is COc1cc(P(=O)(c2ccccc2)c2ccccc2)c(OC)c2ccccc12. The van der Waals surface area contributed by atoms with Crippen LogP contribution in [0.5, 0.6) is 11.5 Å². The normalized spacial score (nSPS) is 11.4. The van der Waals surface area contributed by atoms with Crippen molar-refractivity contribution in [1.29, 1.82) is 0 Å². The molecular weight excluding hydrogens is 367 g/mol. The number of hydrogen-bond acceptors (Lipinski definition) is 3. The predicted molar refractivity (Wildman–Crippen MR) is 116 cm³/mol. The molecule has 0 atom stereocenters. The summed E-state index contributed by atoms with van der Waals surface area (Å²) in [6.45, 7) is 0. The van der Waals surface area contributed by atoms with E-state index in [1.807, 2.05) is 91.0 Å². The second kappa shape index (κ2) is 7.53. The van der Waals surface area contributed by atoms with Gasteiger partial charge in [0.2, 0.25) is 0 Å². The number of hydrogen-bond donors (Lipinski definition) is 0. The summed E-state index contributed by atoms with van der Waals surface area (Å²) in [7, 11) is 0.0760. The second-order valence-electron chi connectivity index (χ2n) is 6.46. The molecule has 0 unspecified atom stereocenters. The lowest BCUT2D eigenvalue weighted by Gasteiger charge is -2.24. The molecule has 0 aliphatic heterocycles. The highest BCUT2D eigenvalue weighted by Gasteiger charge is 2.34. The molecule has 0 heterocycles. The molecule has 0 N–H and O–H groups in total. The third kappa shape index (κ3) is 2.89. The van der Waals surface area contributed by atoms with Gasteiger partial charge in [-0.3, -0.25) is 0 Å². The Balaban J connectivity index is 2.14. The van der Waals surface area contributed by atoms with E-state index in [9.17, 15) is 4.57 Å². The predicted octanol–water partition coefficient (Wildman–Crippen LogP) is 4.50. The fraction of sp³-hybridized carbons (Fsp3) is 0.0833. The lowest BCUT2D eigenvalue weighted by atomic mass is 10.1. The van der Waals surface area contributed by atoms with Crippen LogP contribution >= 0.6 is 7.14 Å². The largest absolute Gasteiger partial charge is 0.496 e. The van der Waals surface area contributed by atoms with Crippen molar-refractivity contribution in [1.82, 2.24) is 0 Å². The van der Waals surface area contributed by atoms with Gasteiger partial charge in [0, 0.05) is 21.4 Å². The highest BCUT2D eigenvalue weighted by Crippen LogP contribution is 2.48. The summed E-state index contributed by atoms with van der Waals surface area (Å²) in [4.78, 5) is 0. The van der Waals surface area contributed by atoms with Gasteiger partial charge in [0.15, 0.2) is 7.14 Å². The Morgan fingerprint density at radius 2 is 1.14 bits per heavy atom. The lowest BCUT2D eigenvalue weighted by molar-refractivity contribution is 0.413. The molecule has 3 nitrogen and oxygen atoms in total. The van der Waals surface area contributed by atoms with Gasteiger partial charge < -0.3 is 14.0 Å². The molecule has 0 aliphatic rings. The molecule has 0 saturated heterocycles. The van der Waals surface area contributed by atoms with E-state index in [2.05, 4.69) is 0 Å². The fourth-order valence-corrected chi connectivity index (χ4v) is 6.46. The maximum atomic E-state index is 14.8. The van der Waals surface area contributed by atoms with Crippen LogP contribution in [0.3, 0.4) is 0 Å². The van der Waals surface area contributed by atoms with Crippen molar-refractivity contribution in [2.75, 3.05) is 14.2 Å². The molecule has 4 aromatic carbocycles. The summed E-state index contributed by atoms with van der Waals surface area (Å²) in [6, 6.07) is 28.9. The van der Waals surface area contributed by atoms with Crippen LogP contribution in [0.2, 0.25) is 0 Å². The van der Waals surface area contributed by atoms with Crippen LogP contribution in [0, 0.1) is 0 Å². The Bertz CT molecular complexity index is 1110. The van der Waals surface area contributed by atoms with E-state index < -0.39 is 7.14 Å². The fourth-order valence-electron chi connectivity index (χ4n) is 3.62. The van der Waals surface area contributed by atoms with Crippen molar-refractivity contribution in [3.05, 3.63) is 91.0 Å². The van der Waals surface area contributed by atoms with Gasteiger partial charge in [0.05, 0.1) is 19.5 Å².